The van der Waals surface area contributed by atoms with Gasteiger partial charge in [-0.05, 0) is 53.8 Å². The van der Waals surface area contributed by atoms with Crippen LogP contribution in [-0.4, -0.2) is 29.0 Å². The lowest BCUT2D eigenvalue weighted by molar-refractivity contribution is 0.134. The third-order valence-electron chi connectivity index (χ3n) is 4.61. The van der Waals surface area contributed by atoms with Crippen LogP contribution in [0, 0.1) is 5.92 Å². The van der Waals surface area contributed by atoms with Crippen molar-refractivity contribution in [1.82, 2.24) is 15.2 Å². The summed E-state index contributed by atoms with van der Waals surface area (Å²) in [4.78, 5) is 6.97. The minimum atomic E-state index is 0.445. The first-order valence-corrected chi connectivity index (χ1v) is 9.07. The van der Waals surface area contributed by atoms with E-state index in [1.165, 1.54) is 17.7 Å². The summed E-state index contributed by atoms with van der Waals surface area (Å²) in [5.41, 5.74) is 2.58. The van der Waals surface area contributed by atoms with E-state index >= 15 is 0 Å². The average Bonchev–Trinajstić information content (AvgIpc) is 3.05. The van der Waals surface area contributed by atoms with Crippen molar-refractivity contribution in [2.24, 2.45) is 5.92 Å². The number of thiophene rings is 1. The maximum absolute atomic E-state index is 4.44. The monoisotopic (exact) mass is 315 g/mol. The van der Waals surface area contributed by atoms with E-state index in [2.05, 4.69) is 58.0 Å². The van der Waals surface area contributed by atoms with E-state index in [1.54, 1.807) is 11.3 Å². The topological polar surface area (TPSA) is 28.2 Å². The van der Waals surface area contributed by atoms with Gasteiger partial charge in [-0.1, -0.05) is 13.0 Å². The van der Waals surface area contributed by atoms with Gasteiger partial charge in [-0.15, -0.1) is 0 Å². The van der Waals surface area contributed by atoms with E-state index in [0.717, 1.165) is 19.6 Å². The molecule has 3 atom stereocenters. The van der Waals surface area contributed by atoms with Crippen molar-refractivity contribution in [3.05, 3.63) is 52.5 Å². The maximum Gasteiger partial charge on any atom is 0.0543 e. The molecule has 0 bridgehead atoms. The molecule has 1 aliphatic heterocycles. The Morgan fingerprint density at radius 2 is 2.32 bits per heavy atom. The zero-order chi connectivity index (χ0) is 15.4. The predicted molar refractivity (Wildman–Crippen MR) is 93.0 cm³/mol. The molecular formula is C18H25N3S. The Balaban J connectivity index is 1.52. The molecular weight excluding hydrogens is 290 g/mol. The van der Waals surface area contributed by atoms with E-state index < -0.39 is 0 Å². The Hall–Kier alpha value is -1.23. The van der Waals surface area contributed by atoms with Gasteiger partial charge in [0.15, 0.2) is 0 Å². The molecule has 0 aliphatic carbocycles. The van der Waals surface area contributed by atoms with Crippen LogP contribution in [0.3, 0.4) is 0 Å². The van der Waals surface area contributed by atoms with Gasteiger partial charge in [-0.2, -0.15) is 11.3 Å². The highest BCUT2D eigenvalue weighted by Gasteiger charge is 2.27. The van der Waals surface area contributed by atoms with E-state index in [-0.39, 0.29) is 0 Å². The zero-order valence-electron chi connectivity index (χ0n) is 13.4. The number of rotatable bonds is 5. The molecule has 0 saturated carbocycles. The van der Waals surface area contributed by atoms with Crippen molar-refractivity contribution in [3.63, 3.8) is 0 Å². The van der Waals surface area contributed by atoms with Crippen LogP contribution in [0.2, 0.25) is 0 Å². The second-order valence-corrected chi connectivity index (χ2v) is 7.15. The summed E-state index contributed by atoms with van der Waals surface area (Å²) in [7, 11) is 0. The van der Waals surface area contributed by atoms with E-state index in [9.17, 15) is 0 Å². The molecule has 0 amide bonds. The first-order valence-electron chi connectivity index (χ1n) is 8.13. The number of aromatic nitrogens is 1. The standard InChI is InChI=1S/C18H25N3S/c1-14-11-21(12-17-5-3-4-8-19-17)9-6-18(14)20-15(2)16-7-10-22-13-16/h3-5,7-8,10,13-15,18,20H,6,9,11-12H2,1-2H3/t14-,15+,18+/m1/s1. The van der Waals surface area contributed by atoms with E-state index in [1.807, 2.05) is 12.3 Å². The molecule has 1 N–H and O–H groups in total. The third-order valence-corrected chi connectivity index (χ3v) is 5.31. The maximum atomic E-state index is 4.44. The molecule has 0 unspecified atom stereocenters. The number of nitrogens with one attached hydrogen (secondary N) is 1. The fourth-order valence-corrected chi connectivity index (χ4v) is 4.04. The zero-order valence-corrected chi connectivity index (χ0v) is 14.2. The van der Waals surface area contributed by atoms with Crippen molar-refractivity contribution in [2.45, 2.75) is 38.9 Å². The van der Waals surface area contributed by atoms with Gasteiger partial charge in [0.2, 0.25) is 0 Å². The first-order chi connectivity index (χ1) is 10.7. The van der Waals surface area contributed by atoms with Gasteiger partial charge in [0.25, 0.3) is 0 Å². The number of hydrogen-bond donors (Lipinski definition) is 1. The molecule has 1 aliphatic rings. The lowest BCUT2D eigenvalue weighted by Gasteiger charge is -2.38. The average molecular weight is 315 g/mol. The fraction of sp³-hybridized carbons (Fsp3) is 0.500. The summed E-state index contributed by atoms with van der Waals surface area (Å²) < 4.78 is 0. The highest BCUT2D eigenvalue weighted by atomic mass is 32.1. The summed E-state index contributed by atoms with van der Waals surface area (Å²) in [5, 5.41) is 8.23. The molecule has 0 radical (unpaired) electrons. The molecule has 3 rings (SSSR count). The summed E-state index contributed by atoms with van der Waals surface area (Å²) >= 11 is 1.78. The molecule has 0 spiro atoms. The molecule has 118 valence electrons. The van der Waals surface area contributed by atoms with Crippen molar-refractivity contribution in [3.8, 4) is 0 Å². The normalized spacial score (nSPS) is 24.3. The Morgan fingerprint density at radius 3 is 3.00 bits per heavy atom. The number of pyridine rings is 1. The Kier molecular flexibility index (Phi) is 5.24. The van der Waals surface area contributed by atoms with Crippen LogP contribution in [0.4, 0.5) is 0 Å². The third kappa shape index (κ3) is 3.94. The van der Waals surface area contributed by atoms with Gasteiger partial charge < -0.3 is 5.32 Å². The lowest BCUT2D eigenvalue weighted by Crippen LogP contribution is -2.48. The molecule has 1 fully saturated rings. The van der Waals surface area contributed by atoms with Crippen LogP contribution in [0.5, 0.6) is 0 Å². The smallest absolute Gasteiger partial charge is 0.0543 e. The van der Waals surface area contributed by atoms with Crippen molar-refractivity contribution >= 4 is 11.3 Å². The van der Waals surface area contributed by atoms with Gasteiger partial charge in [-0.25, -0.2) is 0 Å². The van der Waals surface area contributed by atoms with E-state index in [0.29, 0.717) is 18.0 Å². The van der Waals surface area contributed by atoms with Crippen LogP contribution < -0.4 is 5.32 Å². The minimum Gasteiger partial charge on any atom is -0.307 e. The van der Waals surface area contributed by atoms with Gasteiger partial charge in [0.05, 0.1) is 5.69 Å². The Labute approximate surface area is 137 Å². The Bertz CT molecular complexity index is 555. The van der Waals surface area contributed by atoms with Crippen LogP contribution in [0.1, 0.15) is 37.6 Å². The summed E-state index contributed by atoms with van der Waals surface area (Å²) in [6.45, 7) is 7.90. The highest BCUT2D eigenvalue weighted by Crippen LogP contribution is 2.23. The van der Waals surface area contributed by atoms with Crippen LogP contribution in [0.15, 0.2) is 41.2 Å². The predicted octanol–water partition coefficient (Wildman–Crippen LogP) is 3.70. The molecule has 2 aromatic rings. The largest absolute Gasteiger partial charge is 0.307 e. The van der Waals surface area contributed by atoms with Crippen molar-refractivity contribution in [2.75, 3.05) is 13.1 Å². The van der Waals surface area contributed by atoms with Crippen molar-refractivity contribution in [1.29, 1.82) is 0 Å². The Morgan fingerprint density at radius 1 is 1.41 bits per heavy atom. The summed E-state index contributed by atoms with van der Waals surface area (Å²) in [6, 6.07) is 9.45. The van der Waals surface area contributed by atoms with Crippen LogP contribution in [0.25, 0.3) is 0 Å². The van der Waals surface area contributed by atoms with Gasteiger partial charge in [0, 0.05) is 37.9 Å². The summed E-state index contributed by atoms with van der Waals surface area (Å²) in [5.74, 6) is 0.665. The molecule has 1 saturated heterocycles. The van der Waals surface area contributed by atoms with Crippen LogP contribution in [-0.2, 0) is 6.54 Å². The van der Waals surface area contributed by atoms with Crippen LogP contribution >= 0.6 is 11.3 Å². The van der Waals surface area contributed by atoms with Gasteiger partial charge in [0.1, 0.15) is 0 Å². The number of likely N-dealkylation sites (tertiary alicyclic amines) is 1. The number of piperidine rings is 1. The molecule has 4 heteroatoms. The molecule has 22 heavy (non-hydrogen) atoms. The molecule has 3 nitrogen and oxygen atoms in total. The number of hydrogen-bond acceptors (Lipinski definition) is 4. The first kappa shape index (κ1) is 15.7. The van der Waals surface area contributed by atoms with E-state index in [4.69, 9.17) is 0 Å². The fourth-order valence-electron chi connectivity index (χ4n) is 3.28. The molecule has 0 aromatic carbocycles. The number of nitrogens with zero attached hydrogens (tertiary/aromatic N) is 2. The lowest BCUT2D eigenvalue weighted by atomic mass is 9.92. The summed E-state index contributed by atoms with van der Waals surface area (Å²) in [6.07, 6.45) is 3.10. The van der Waals surface area contributed by atoms with Gasteiger partial charge in [-0.3, -0.25) is 9.88 Å². The second kappa shape index (κ2) is 7.36. The van der Waals surface area contributed by atoms with Gasteiger partial charge >= 0.3 is 0 Å². The molecule has 2 aromatic heterocycles. The SMILES string of the molecule is C[C@H](N[C@H]1CCN(Cc2ccccn2)C[C@H]1C)c1ccsc1. The quantitative estimate of drug-likeness (QED) is 0.912. The highest BCUT2D eigenvalue weighted by molar-refractivity contribution is 7.07. The van der Waals surface area contributed by atoms with Crippen molar-refractivity contribution < 1.29 is 0 Å². The molecule has 3 heterocycles. The second-order valence-electron chi connectivity index (χ2n) is 6.37. The minimum absolute atomic E-state index is 0.445.